The van der Waals surface area contributed by atoms with Crippen LogP contribution >= 0.6 is 23.2 Å². The molecule has 0 bridgehead atoms. The summed E-state index contributed by atoms with van der Waals surface area (Å²) in [5.41, 5.74) is -1.82. The van der Waals surface area contributed by atoms with Gasteiger partial charge in [-0.05, 0) is 27.2 Å². The third kappa shape index (κ3) is 4.32. The van der Waals surface area contributed by atoms with Crippen LogP contribution in [0.4, 0.5) is 13.2 Å². The first kappa shape index (κ1) is 20.6. The lowest BCUT2D eigenvalue weighted by Gasteiger charge is -2.24. The molecule has 0 fully saturated rings. The molecule has 0 radical (unpaired) electrons. The Labute approximate surface area is 158 Å². The van der Waals surface area contributed by atoms with Crippen LogP contribution in [-0.2, 0) is 23.1 Å². The van der Waals surface area contributed by atoms with Gasteiger partial charge in [-0.1, -0.05) is 23.2 Å². The number of aryl methyl sites for hydroxylation is 1. The van der Waals surface area contributed by atoms with E-state index in [1.807, 2.05) is 0 Å². The fourth-order valence-electron chi connectivity index (χ4n) is 2.28. The summed E-state index contributed by atoms with van der Waals surface area (Å²) in [6, 6.07) is 0. The highest BCUT2D eigenvalue weighted by Crippen LogP contribution is 2.35. The number of aromatic nitrogens is 4. The summed E-state index contributed by atoms with van der Waals surface area (Å²) in [7, 11) is 0. The quantitative estimate of drug-likeness (QED) is 0.737. The molecule has 0 aliphatic carbocycles. The topological polar surface area (TPSA) is 64.7 Å². The van der Waals surface area contributed by atoms with Crippen LogP contribution in [0.1, 0.15) is 31.7 Å². The lowest BCUT2D eigenvalue weighted by Crippen LogP contribution is -2.45. The van der Waals surface area contributed by atoms with Crippen molar-refractivity contribution in [3.63, 3.8) is 0 Å². The number of rotatable bonds is 6. The second-order valence-electron chi connectivity index (χ2n) is 6.24. The molecule has 26 heavy (non-hydrogen) atoms. The predicted octanol–water partition coefficient (Wildman–Crippen LogP) is 3.66. The van der Waals surface area contributed by atoms with Crippen LogP contribution in [0.5, 0.6) is 0 Å². The van der Waals surface area contributed by atoms with Crippen molar-refractivity contribution in [2.75, 3.05) is 6.54 Å². The van der Waals surface area contributed by atoms with Gasteiger partial charge in [-0.25, -0.2) is 0 Å². The largest absolute Gasteiger partial charge is 0.436 e. The number of hydrogen-bond acceptors (Lipinski definition) is 3. The van der Waals surface area contributed by atoms with Crippen molar-refractivity contribution in [1.82, 2.24) is 24.9 Å². The van der Waals surface area contributed by atoms with Crippen molar-refractivity contribution < 1.29 is 18.0 Å². The molecular weight excluding hydrogens is 394 g/mol. The summed E-state index contributed by atoms with van der Waals surface area (Å²) < 4.78 is 41.0. The molecule has 2 aromatic heterocycles. The summed E-state index contributed by atoms with van der Waals surface area (Å²) in [6.45, 7) is 5.27. The zero-order chi connectivity index (χ0) is 19.7. The molecule has 0 aromatic carbocycles. The van der Waals surface area contributed by atoms with Gasteiger partial charge in [-0.15, -0.1) is 0 Å². The number of carbonyl (C=O) groups excluding carboxylic acids is 1. The molecule has 0 atom stereocenters. The molecule has 0 spiro atoms. The highest BCUT2D eigenvalue weighted by atomic mass is 35.5. The molecule has 0 saturated carbocycles. The van der Waals surface area contributed by atoms with Crippen LogP contribution in [0.25, 0.3) is 0 Å². The van der Waals surface area contributed by atoms with Gasteiger partial charge in [0.2, 0.25) is 5.91 Å². The second kappa shape index (κ2) is 7.48. The van der Waals surface area contributed by atoms with Gasteiger partial charge in [-0.3, -0.25) is 14.2 Å². The maximum atomic E-state index is 12.8. The molecule has 0 unspecified atom stereocenters. The molecule has 11 heteroatoms. The standard InChI is InChI=1S/C15H18Cl2F3N5O/c1-9-11(17)12(15(18,19)20)23-24(9)6-4-5-21-13(26)14(2,3)25-8-10(16)7-22-25/h7-8H,4-6H2,1-3H3,(H,21,26). The first-order chi connectivity index (χ1) is 11.9. The number of nitrogens with one attached hydrogen (secondary N) is 1. The minimum absolute atomic E-state index is 0.190. The van der Waals surface area contributed by atoms with Gasteiger partial charge in [0.1, 0.15) is 5.54 Å². The minimum atomic E-state index is -4.60. The molecular formula is C15H18Cl2F3N5O. The van der Waals surface area contributed by atoms with Crippen LogP contribution < -0.4 is 5.32 Å². The van der Waals surface area contributed by atoms with Crippen molar-refractivity contribution >= 4 is 29.1 Å². The van der Waals surface area contributed by atoms with Crippen LogP contribution in [0.3, 0.4) is 0 Å². The summed E-state index contributed by atoms with van der Waals surface area (Å²) in [6.07, 6.45) is -1.25. The zero-order valence-corrected chi connectivity index (χ0v) is 15.9. The van der Waals surface area contributed by atoms with E-state index in [9.17, 15) is 18.0 Å². The molecule has 2 rings (SSSR count). The highest BCUT2D eigenvalue weighted by molar-refractivity contribution is 6.32. The van der Waals surface area contributed by atoms with E-state index in [1.165, 1.54) is 28.7 Å². The minimum Gasteiger partial charge on any atom is -0.354 e. The maximum Gasteiger partial charge on any atom is 0.436 e. The molecule has 0 aliphatic heterocycles. The van der Waals surface area contributed by atoms with E-state index < -0.39 is 22.4 Å². The maximum absolute atomic E-state index is 12.8. The van der Waals surface area contributed by atoms with Crippen molar-refractivity contribution in [2.24, 2.45) is 0 Å². The number of hydrogen-bond donors (Lipinski definition) is 1. The van der Waals surface area contributed by atoms with Gasteiger partial charge in [-0.2, -0.15) is 23.4 Å². The number of nitrogens with zero attached hydrogens (tertiary/aromatic N) is 4. The van der Waals surface area contributed by atoms with Crippen molar-refractivity contribution in [1.29, 1.82) is 0 Å². The predicted molar refractivity (Wildman–Crippen MR) is 91.2 cm³/mol. The zero-order valence-electron chi connectivity index (χ0n) is 14.4. The molecule has 144 valence electrons. The molecule has 2 aromatic rings. The monoisotopic (exact) mass is 411 g/mol. The van der Waals surface area contributed by atoms with Crippen LogP contribution in [0.2, 0.25) is 10.0 Å². The Hall–Kier alpha value is -1.74. The van der Waals surface area contributed by atoms with E-state index >= 15 is 0 Å². The third-order valence-corrected chi connectivity index (χ3v) is 4.56. The molecule has 1 N–H and O–H groups in total. The van der Waals surface area contributed by atoms with Gasteiger partial charge in [0.25, 0.3) is 0 Å². The fourth-order valence-corrected chi connectivity index (χ4v) is 2.66. The Kier molecular flexibility index (Phi) is 5.92. The summed E-state index contributed by atoms with van der Waals surface area (Å²) in [4.78, 5) is 12.3. The molecule has 0 saturated heterocycles. The second-order valence-corrected chi connectivity index (χ2v) is 7.05. The molecule has 0 aliphatic rings. The average Bonchev–Trinajstić information content (AvgIpc) is 3.09. The Morgan fingerprint density at radius 3 is 2.46 bits per heavy atom. The summed E-state index contributed by atoms with van der Waals surface area (Å²) in [5.74, 6) is -0.288. The molecule has 6 nitrogen and oxygen atoms in total. The summed E-state index contributed by atoms with van der Waals surface area (Å²) in [5, 5.41) is 10.3. The Balaban J connectivity index is 1.92. The van der Waals surface area contributed by atoms with Gasteiger partial charge in [0.15, 0.2) is 5.69 Å². The van der Waals surface area contributed by atoms with E-state index in [4.69, 9.17) is 23.2 Å². The first-order valence-corrected chi connectivity index (χ1v) is 8.49. The van der Waals surface area contributed by atoms with Crippen molar-refractivity contribution in [3.8, 4) is 0 Å². The Bertz CT molecular complexity index is 798. The van der Waals surface area contributed by atoms with Crippen LogP contribution in [-0.4, -0.2) is 32.0 Å². The Morgan fingerprint density at radius 2 is 1.96 bits per heavy atom. The Morgan fingerprint density at radius 1 is 1.31 bits per heavy atom. The van der Waals surface area contributed by atoms with Crippen molar-refractivity contribution in [3.05, 3.63) is 33.8 Å². The lowest BCUT2D eigenvalue weighted by molar-refractivity contribution is -0.141. The summed E-state index contributed by atoms with van der Waals surface area (Å²) >= 11 is 11.5. The normalized spacial score (nSPS) is 12.5. The smallest absolute Gasteiger partial charge is 0.354 e. The number of alkyl halides is 3. The number of amides is 1. The third-order valence-electron chi connectivity index (χ3n) is 3.91. The van der Waals surface area contributed by atoms with Crippen molar-refractivity contribution in [2.45, 2.75) is 45.5 Å². The van der Waals surface area contributed by atoms with E-state index in [-0.39, 0.29) is 24.7 Å². The average molecular weight is 412 g/mol. The van der Waals surface area contributed by atoms with Gasteiger partial charge < -0.3 is 5.32 Å². The van der Waals surface area contributed by atoms with Gasteiger partial charge in [0, 0.05) is 19.3 Å². The van der Waals surface area contributed by atoms with E-state index in [0.717, 1.165) is 0 Å². The SMILES string of the molecule is Cc1c(Cl)c(C(F)(F)F)nn1CCCNC(=O)C(C)(C)n1cc(Cl)cn1. The lowest BCUT2D eigenvalue weighted by atomic mass is 10.1. The van der Waals surface area contributed by atoms with Crippen LogP contribution in [0, 0.1) is 6.92 Å². The van der Waals surface area contributed by atoms with Crippen LogP contribution in [0.15, 0.2) is 12.4 Å². The fraction of sp³-hybridized carbons (Fsp3) is 0.533. The van der Waals surface area contributed by atoms with Gasteiger partial charge >= 0.3 is 6.18 Å². The van der Waals surface area contributed by atoms with E-state index in [0.29, 0.717) is 11.4 Å². The number of halogens is 5. The first-order valence-electron chi connectivity index (χ1n) is 7.73. The van der Waals surface area contributed by atoms with E-state index in [2.05, 4.69) is 15.5 Å². The van der Waals surface area contributed by atoms with E-state index in [1.54, 1.807) is 13.8 Å². The molecule has 2 heterocycles. The number of carbonyl (C=O) groups is 1. The highest BCUT2D eigenvalue weighted by Gasteiger charge is 2.38. The van der Waals surface area contributed by atoms with Gasteiger partial charge in [0.05, 0.1) is 21.9 Å². The molecule has 1 amide bonds.